The van der Waals surface area contributed by atoms with Crippen molar-refractivity contribution in [2.75, 3.05) is 4.90 Å². The minimum absolute atomic E-state index is 0.00618. The molecule has 0 amide bonds. The van der Waals surface area contributed by atoms with Gasteiger partial charge in [0.25, 0.3) is 0 Å². The summed E-state index contributed by atoms with van der Waals surface area (Å²) in [6, 6.07) is 8.79. The van der Waals surface area contributed by atoms with Crippen LogP contribution in [0.3, 0.4) is 0 Å². The Kier molecular flexibility index (Phi) is 6.65. The van der Waals surface area contributed by atoms with Crippen LogP contribution in [-0.2, 0) is 11.3 Å². The molecule has 0 radical (unpaired) electrons. The number of carbonyl (C=O) groups is 1. The molecule has 2 aromatic carbocycles. The van der Waals surface area contributed by atoms with Gasteiger partial charge in [-0.25, -0.2) is 9.18 Å². The molecule has 1 saturated carbocycles. The van der Waals surface area contributed by atoms with Gasteiger partial charge in [0.15, 0.2) is 5.69 Å². The Labute approximate surface area is 247 Å². The quantitative estimate of drug-likeness (QED) is 0.201. The molecule has 8 nitrogen and oxygen atoms in total. The standard InChI is InChI=1S/C30H27F4N3O5S/c1-29(12-16-8-9-17(13-29)37(16)22-11-24-19(10-21(22)31)26(28(38)39)36-43-24)40-14-20-25(35-42-27(20)15-6-7-15)18-4-2-3-5-23(18)41-30(32,33)34/h2-5,10-11,15-17H,6-9,12-14H2,1H3,(H,38,39). The van der Waals surface area contributed by atoms with Crippen LogP contribution < -0.4 is 9.64 Å². The number of fused-ring (bicyclic) bond motifs is 3. The number of halogens is 4. The molecule has 7 rings (SSSR count). The van der Waals surface area contributed by atoms with Gasteiger partial charge in [0.1, 0.15) is 23.0 Å². The van der Waals surface area contributed by atoms with Crippen LogP contribution >= 0.6 is 11.5 Å². The fraction of sp³-hybridized carbons (Fsp3) is 0.433. The predicted octanol–water partition coefficient (Wildman–Crippen LogP) is 7.67. The lowest BCUT2D eigenvalue weighted by Crippen LogP contribution is -2.51. The van der Waals surface area contributed by atoms with Crippen LogP contribution in [0.5, 0.6) is 5.75 Å². The predicted molar refractivity (Wildman–Crippen MR) is 149 cm³/mol. The highest BCUT2D eigenvalue weighted by molar-refractivity contribution is 7.13. The lowest BCUT2D eigenvalue weighted by Gasteiger charge is -2.46. The number of carboxylic acid groups (broad SMARTS) is 1. The summed E-state index contributed by atoms with van der Waals surface area (Å²) in [5.41, 5.74) is 0.759. The number of hydrogen-bond acceptors (Lipinski definition) is 8. The summed E-state index contributed by atoms with van der Waals surface area (Å²) >= 11 is 1.04. The SMILES string of the molecule is CC1(OCc2c(-c3ccccc3OC(F)(F)F)noc2C2CC2)CC2CCC(C1)N2c1cc2snc(C(=O)O)c2cc1F. The lowest BCUT2D eigenvalue weighted by molar-refractivity contribution is -0.274. The average Bonchev–Trinajstić information content (AvgIpc) is 3.46. The number of anilines is 1. The van der Waals surface area contributed by atoms with Crippen LogP contribution in [0.25, 0.3) is 21.3 Å². The van der Waals surface area contributed by atoms with Gasteiger partial charge in [0, 0.05) is 34.5 Å². The van der Waals surface area contributed by atoms with Crippen molar-refractivity contribution in [3.05, 3.63) is 59.2 Å². The fourth-order valence-corrected chi connectivity index (χ4v) is 7.50. The third-order valence-corrected chi connectivity index (χ3v) is 9.48. The zero-order chi connectivity index (χ0) is 30.1. The van der Waals surface area contributed by atoms with Gasteiger partial charge in [-0.15, -0.1) is 13.2 Å². The number of piperidine rings is 1. The molecule has 2 saturated heterocycles. The van der Waals surface area contributed by atoms with E-state index in [-0.39, 0.29) is 52.7 Å². The molecule has 4 aromatic rings. The van der Waals surface area contributed by atoms with Crippen molar-refractivity contribution in [2.45, 2.75) is 82.0 Å². The molecule has 1 aliphatic carbocycles. The van der Waals surface area contributed by atoms with E-state index in [0.29, 0.717) is 34.6 Å². The van der Waals surface area contributed by atoms with Gasteiger partial charge in [0.2, 0.25) is 0 Å². The molecule has 3 fully saturated rings. The highest BCUT2D eigenvalue weighted by atomic mass is 32.1. The van der Waals surface area contributed by atoms with E-state index < -0.39 is 23.7 Å². The number of alkyl halides is 3. The second kappa shape index (κ2) is 10.2. The Balaban J connectivity index is 1.14. The number of aromatic nitrogens is 2. The Hall–Kier alpha value is -3.71. The van der Waals surface area contributed by atoms with E-state index in [2.05, 4.69) is 19.2 Å². The monoisotopic (exact) mass is 617 g/mol. The van der Waals surface area contributed by atoms with Gasteiger partial charge in [-0.2, -0.15) is 4.37 Å². The number of aromatic carboxylic acids is 1. The van der Waals surface area contributed by atoms with Gasteiger partial charge in [-0.1, -0.05) is 17.3 Å². The number of rotatable bonds is 8. The summed E-state index contributed by atoms with van der Waals surface area (Å²) < 4.78 is 76.0. The molecule has 2 aromatic heterocycles. The van der Waals surface area contributed by atoms with Crippen molar-refractivity contribution in [3.63, 3.8) is 0 Å². The molecule has 2 aliphatic heterocycles. The maximum atomic E-state index is 15.4. The second-order valence-corrected chi connectivity index (χ2v) is 12.6. The van der Waals surface area contributed by atoms with E-state index in [0.717, 1.165) is 37.2 Å². The Morgan fingerprint density at radius 2 is 1.88 bits per heavy atom. The van der Waals surface area contributed by atoms with Crippen LogP contribution in [-0.4, -0.2) is 44.7 Å². The second-order valence-electron chi connectivity index (χ2n) is 11.8. The molecule has 43 heavy (non-hydrogen) atoms. The van der Waals surface area contributed by atoms with E-state index in [9.17, 15) is 23.1 Å². The molecule has 4 heterocycles. The third-order valence-electron chi connectivity index (χ3n) is 8.67. The first-order chi connectivity index (χ1) is 20.5. The number of nitrogens with zero attached hydrogens (tertiary/aromatic N) is 3. The highest BCUT2D eigenvalue weighted by Gasteiger charge is 2.48. The highest BCUT2D eigenvalue weighted by Crippen LogP contribution is 2.49. The molecule has 1 N–H and O–H groups in total. The van der Waals surface area contributed by atoms with Crippen LogP contribution in [0, 0.1) is 5.82 Å². The van der Waals surface area contributed by atoms with Gasteiger partial charge in [-0.3, -0.25) is 0 Å². The fourth-order valence-electron chi connectivity index (χ4n) is 6.71. The molecule has 2 atom stereocenters. The molecule has 226 valence electrons. The number of benzene rings is 2. The average molecular weight is 618 g/mol. The number of hydrogen-bond donors (Lipinski definition) is 1. The molecule has 0 spiro atoms. The minimum Gasteiger partial charge on any atom is -0.476 e. The molecular weight excluding hydrogens is 590 g/mol. The van der Waals surface area contributed by atoms with Gasteiger partial charge >= 0.3 is 12.3 Å². The first-order valence-corrected chi connectivity index (χ1v) is 14.8. The normalized spacial score (nSPS) is 23.7. The van der Waals surface area contributed by atoms with Gasteiger partial charge in [0.05, 0.1) is 22.6 Å². The number of carboxylic acids is 1. The first kappa shape index (κ1) is 28.1. The number of para-hydroxylation sites is 1. The molecular formula is C30H27F4N3O5S. The van der Waals surface area contributed by atoms with Crippen LogP contribution in [0.1, 0.15) is 73.2 Å². The number of ether oxygens (including phenoxy) is 2. The topological polar surface area (TPSA) is 97.9 Å². The first-order valence-electron chi connectivity index (χ1n) is 14.1. The smallest absolute Gasteiger partial charge is 0.476 e. The largest absolute Gasteiger partial charge is 0.573 e. The minimum atomic E-state index is -4.86. The summed E-state index contributed by atoms with van der Waals surface area (Å²) in [5, 5.41) is 13.8. The van der Waals surface area contributed by atoms with Gasteiger partial charge in [-0.05, 0) is 81.2 Å². The summed E-state index contributed by atoms with van der Waals surface area (Å²) in [4.78, 5) is 13.6. The molecule has 2 bridgehead atoms. The van der Waals surface area contributed by atoms with Crippen molar-refractivity contribution in [1.82, 2.24) is 9.53 Å². The Morgan fingerprint density at radius 3 is 2.56 bits per heavy atom. The van der Waals surface area contributed by atoms with Crippen LogP contribution in [0.2, 0.25) is 0 Å². The lowest BCUT2D eigenvalue weighted by atomic mass is 9.87. The molecule has 2 unspecified atom stereocenters. The van der Waals surface area contributed by atoms with Gasteiger partial charge < -0.3 is 24.0 Å². The maximum absolute atomic E-state index is 15.4. The maximum Gasteiger partial charge on any atom is 0.573 e. The summed E-state index contributed by atoms with van der Waals surface area (Å²) in [7, 11) is 0. The van der Waals surface area contributed by atoms with Crippen molar-refractivity contribution in [3.8, 4) is 17.0 Å². The zero-order valence-corrected chi connectivity index (χ0v) is 23.8. The summed E-state index contributed by atoms with van der Waals surface area (Å²) in [6.07, 6.45) is -0.144. The zero-order valence-electron chi connectivity index (χ0n) is 23.0. The van der Waals surface area contributed by atoms with Crippen molar-refractivity contribution < 1.29 is 41.5 Å². The van der Waals surface area contributed by atoms with E-state index in [1.807, 2.05) is 6.92 Å². The molecule has 3 aliphatic rings. The summed E-state index contributed by atoms with van der Waals surface area (Å²) in [6.45, 7) is 2.11. The van der Waals surface area contributed by atoms with Crippen molar-refractivity contribution in [2.24, 2.45) is 0 Å². The molecule has 13 heteroatoms. The van der Waals surface area contributed by atoms with Crippen molar-refractivity contribution in [1.29, 1.82) is 0 Å². The Morgan fingerprint density at radius 1 is 1.16 bits per heavy atom. The van der Waals surface area contributed by atoms with E-state index >= 15 is 4.39 Å². The summed E-state index contributed by atoms with van der Waals surface area (Å²) in [5.74, 6) is -1.27. The van der Waals surface area contributed by atoms with E-state index in [1.165, 1.54) is 24.3 Å². The Bertz CT molecular complexity index is 1700. The van der Waals surface area contributed by atoms with Crippen LogP contribution in [0.4, 0.5) is 23.2 Å². The third kappa shape index (κ3) is 5.22. The van der Waals surface area contributed by atoms with E-state index in [4.69, 9.17) is 9.26 Å². The van der Waals surface area contributed by atoms with Crippen molar-refractivity contribution >= 4 is 33.3 Å². The van der Waals surface area contributed by atoms with E-state index in [1.54, 1.807) is 12.1 Å². The van der Waals surface area contributed by atoms with Crippen LogP contribution in [0.15, 0.2) is 40.9 Å².